The van der Waals surface area contributed by atoms with Gasteiger partial charge in [-0.15, -0.1) is 5.11 Å². The van der Waals surface area contributed by atoms with Gasteiger partial charge in [-0.1, -0.05) is 80.1 Å². The Morgan fingerprint density at radius 1 is 0.797 bits per heavy atom. The van der Waals surface area contributed by atoms with Crippen LogP contribution in [0, 0.1) is 0 Å². The summed E-state index contributed by atoms with van der Waals surface area (Å²) in [6, 6.07) is 20.7. The third-order valence-electron chi connectivity index (χ3n) is 14.3. The molecule has 4 aliphatic rings. The second-order valence-corrected chi connectivity index (χ2v) is 28.1. The standard InChI is InChI=1S/C58H69BrClN7O11Si/c1-57(2,3)77-56(71)64-49-36-26-40(59)50(65-66-67-23-15-16-24-67)46(28-36)76-44-22-20-35(27-41(44)60)52(78-79(10,11)58(4,5)6)51-55(70)61-42(32-75-31-33-17-13-12-14-18-33)38-29-37(72-7)30-45(74-9)47(38)39-25-34(19-21-43(39)73-8)48(53(68)63-51)62-54(49)69/h12-14,17-22,25-30,42,48-49,51-52H,15-16,23-24,31-32H2,1-11H3,(H,61,70)(H,62,69)(H,63,68)(H,64,71)/t42?,48-,49-,51+,52-/m1/s1. The minimum absolute atomic E-state index is 0.0706. The Labute approximate surface area is 475 Å². The molecule has 1 fully saturated rings. The topological polar surface area (TPSA) is 209 Å². The molecule has 4 heterocycles. The van der Waals surface area contributed by atoms with E-state index in [4.69, 9.17) is 44.4 Å². The molecule has 5 atom stereocenters. The number of fused-ring (bicyclic) bond motifs is 8. The Hall–Kier alpha value is -6.71. The van der Waals surface area contributed by atoms with Crippen molar-refractivity contribution < 1.29 is 52.0 Å². The lowest BCUT2D eigenvalue weighted by atomic mass is 9.89. The average molecular weight is 1180 g/mol. The smallest absolute Gasteiger partial charge is 0.408 e. The van der Waals surface area contributed by atoms with Crippen molar-refractivity contribution in [1.82, 2.24) is 26.3 Å². The number of amides is 4. The van der Waals surface area contributed by atoms with Crippen LogP contribution in [0.5, 0.6) is 28.7 Å². The minimum Gasteiger partial charge on any atom is -0.497 e. The highest BCUT2D eigenvalue weighted by molar-refractivity contribution is 9.10. The van der Waals surface area contributed by atoms with E-state index in [1.807, 2.05) is 48.4 Å². The molecule has 1 saturated heterocycles. The predicted octanol–water partition coefficient (Wildman–Crippen LogP) is 12.1. The highest BCUT2D eigenvalue weighted by Gasteiger charge is 2.45. The van der Waals surface area contributed by atoms with Crippen molar-refractivity contribution >= 4 is 65.4 Å². The highest BCUT2D eigenvalue weighted by Crippen LogP contribution is 2.48. The molecule has 420 valence electrons. The van der Waals surface area contributed by atoms with Crippen LogP contribution in [0.1, 0.15) is 106 Å². The Balaban J connectivity index is 1.41. The number of hydrogen-bond acceptors (Lipinski definition) is 13. The Kier molecular flexibility index (Phi) is 18.0. The summed E-state index contributed by atoms with van der Waals surface area (Å²) in [5.74, 6) is -0.923. The Morgan fingerprint density at radius 3 is 2.16 bits per heavy atom. The average Bonchev–Trinajstić information content (AvgIpc) is 3.95. The first kappa shape index (κ1) is 58.4. The molecule has 4 amide bonds. The SMILES string of the molecule is COc1cc(OC)c2c(c1)C(COCc1ccccc1)NC(=O)[C@H]1NC(=O)[C@H](NC(=O)[C@H](NC(=O)OC(C)(C)C)c3cc(Br)c(N=NN4CCCC4)c(c3)Oc3ccc(cc3Cl)[C@H]1O[Si](C)(C)C(C)(C)C)c1ccc(OC)c-2c1. The molecule has 0 radical (unpaired) electrons. The maximum Gasteiger partial charge on any atom is 0.408 e. The molecule has 0 aromatic heterocycles. The molecular weight excluding hydrogens is 1110 g/mol. The normalized spacial score (nSPS) is 19.8. The van der Waals surface area contributed by atoms with Gasteiger partial charge in [0.25, 0.3) is 0 Å². The van der Waals surface area contributed by atoms with Crippen LogP contribution in [0.15, 0.2) is 106 Å². The first-order chi connectivity index (χ1) is 37.5. The predicted molar refractivity (Wildman–Crippen MR) is 305 cm³/mol. The number of carbonyl (C=O) groups is 4. The second kappa shape index (κ2) is 24.3. The summed E-state index contributed by atoms with van der Waals surface area (Å²) >= 11 is 11.0. The van der Waals surface area contributed by atoms with Crippen molar-refractivity contribution in [1.29, 1.82) is 0 Å². The molecule has 4 N–H and O–H groups in total. The molecule has 4 aliphatic heterocycles. The van der Waals surface area contributed by atoms with Gasteiger partial charge in [-0.25, -0.2) is 4.79 Å². The highest BCUT2D eigenvalue weighted by atomic mass is 79.9. The van der Waals surface area contributed by atoms with Gasteiger partial charge in [-0.3, -0.25) is 19.4 Å². The van der Waals surface area contributed by atoms with E-state index in [2.05, 4.69) is 68.3 Å². The van der Waals surface area contributed by atoms with Crippen LogP contribution in [-0.2, 0) is 34.9 Å². The van der Waals surface area contributed by atoms with E-state index >= 15 is 14.4 Å². The van der Waals surface area contributed by atoms with Gasteiger partial charge in [0.05, 0.1) is 51.7 Å². The van der Waals surface area contributed by atoms with Crippen molar-refractivity contribution in [2.24, 2.45) is 10.3 Å². The van der Waals surface area contributed by atoms with E-state index in [9.17, 15) is 4.79 Å². The summed E-state index contributed by atoms with van der Waals surface area (Å²) in [4.78, 5) is 61.1. The molecule has 0 aliphatic carbocycles. The molecule has 5 aromatic rings. The second-order valence-electron chi connectivity index (χ2n) is 22.1. The number of alkyl carbamates (subject to hydrolysis) is 1. The summed E-state index contributed by atoms with van der Waals surface area (Å²) in [5, 5.41) is 22.7. The van der Waals surface area contributed by atoms with Crippen LogP contribution in [0.2, 0.25) is 23.2 Å². The molecule has 79 heavy (non-hydrogen) atoms. The largest absolute Gasteiger partial charge is 0.497 e. The summed E-state index contributed by atoms with van der Waals surface area (Å²) < 4.78 is 44.5. The fraction of sp³-hybridized carbons (Fsp3) is 0.414. The lowest BCUT2D eigenvalue weighted by molar-refractivity contribution is -0.135. The van der Waals surface area contributed by atoms with Crippen LogP contribution in [0.25, 0.3) is 11.1 Å². The van der Waals surface area contributed by atoms with Gasteiger partial charge < -0.3 is 54.1 Å². The first-order valence-corrected chi connectivity index (χ1v) is 30.2. The molecular formula is C58H69BrClN7O11Si. The van der Waals surface area contributed by atoms with Crippen LogP contribution >= 0.6 is 27.5 Å². The van der Waals surface area contributed by atoms with Gasteiger partial charge in [-0.05, 0) is 138 Å². The molecule has 0 spiro atoms. The van der Waals surface area contributed by atoms with Gasteiger partial charge in [0, 0.05) is 34.8 Å². The van der Waals surface area contributed by atoms with E-state index in [1.54, 1.807) is 81.4 Å². The number of benzene rings is 5. The first-order valence-electron chi connectivity index (χ1n) is 26.1. The third-order valence-corrected chi connectivity index (χ3v) is 19.7. The number of methoxy groups -OCH3 is 3. The lowest BCUT2D eigenvalue weighted by Gasteiger charge is -2.42. The zero-order valence-electron chi connectivity index (χ0n) is 46.4. The monoisotopic (exact) mass is 1180 g/mol. The van der Waals surface area contributed by atoms with Crippen LogP contribution in [0.4, 0.5) is 10.5 Å². The maximum atomic E-state index is 15.9. The van der Waals surface area contributed by atoms with E-state index in [1.165, 1.54) is 21.3 Å². The van der Waals surface area contributed by atoms with Crippen molar-refractivity contribution in [3.8, 4) is 39.9 Å². The summed E-state index contributed by atoms with van der Waals surface area (Å²) in [6.45, 7) is 16.9. The van der Waals surface area contributed by atoms with Crippen molar-refractivity contribution in [2.45, 2.75) is 115 Å². The maximum absolute atomic E-state index is 15.9. The van der Waals surface area contributed by atoms with Crippen molar-refractivity contribution in [3.05, 3.63) is 128 Å². The Morgan fingerprint density at radius 2 is 1.51 bits per heavy atom. The number of nitrogens with one attached hydrogen (secondary N) is 4. The molecule has 1 unspecified atom stereocenters. The van der Waals surface area contributed by atoms with Crippen LogP contribution in [-0.4, -0.2) is 89.8 Å². The van der Waals surface area contributed by atoms with Crippen LogP contribution in [0.3, 0.4) is 0 Å². The summed E-state index contributed by atoms with van der Waals surface area (Å²) in [7, 11) is 1.64. The quantitative estimate of drug-likeness (QED) is 0.0679. The summed E-state index contributed by atoms with van der Waals surface area (Å²) in [6.07, 6.45) is -0.241. The van der Waals surface area contributed by atoms with Crippen LogP contribution < -0.4 is 40.2 Å². The van der Waals surface area contributed by atoms with E-state index in [0.717, 1.165) is 18.4 Å². The number of halogens is 2. The van der Waals surface area contributed by atoms with Gasteiger partial charge in [0.15, 0.2) is 14.1 Å². The number of hydrogen-bond donors (Lipinski definition) is 4. The summed E-state index contributed by atoms with van der Waals surface area (Å²) in [5.41, 5.74) is 2.49. The van der Waals surface area contributed by atoms with Crippen molar-refractivity contribution in [3.63, 3.8) is 0 Å². The molecule has 9 rings (SSSR count). The number of ether oxygens (including phenoxy) is 6. The Bertz CT molecular complexity index is 3110. The molecule has 5 aromatic carbocycles. The van der Waals surface area contributed by atoms with Gasteiger partial charge in [0.2, 0.25) is 17.7 Å². The molecule has 18 nitrogen and oxygen atoms in total. The van der Waals surface area contributed by atoms with Gasteiger partial charge in [-0.2, -0.15) is 0 Å². The zero-order chi connectivity index (χ0) is 57.0. The number of rotatable bonds is 12. The zero-order valence-corrected chi connectivity index (χ0v) is 49.7. The van der Waals surface area contributed by atoms with Crippen molar-refractivity contribution in [2.75, 3.05) is 41.0 Å². The minimum atomic E-state index is -2.91. The van der Waals surface area contributed by atoms with Gasteiger partial charge in [0.1, 0.15) is 52.4 Å². The fourth-order valence-corrected chi connectivity index (χ4v) is 11.2. The molecule has 0 saturated carbocycles. The van der Waals surface area contributed by atoms with Gasteiger partial charge >= 0.3 is 6.09 Å². The molecule has 8 bridgehead atoms. The number of carbonyl (C=O) groups excluding carboxylic acids is 4. The fourth-order valence-electron chi connectivity index (χ4n) is 9.21. The molecule has 21 heteroatoms. The third kappa shape index (κ3) is 13.7. The van der Waals surface area contributed by atoms with E-state index in [-0.39, 0.29) is 46.5 Å². The van der Waals surface area contributed by atoms with E-state index in [0.29, 0.717) is 57.1 Å². The van der Waals surface area contributed by atoms with E-state index < -0.39 is 73.0 Å². The lowest BCUT2D eigenvalue weighted by Crippen LogP contribution is -2.57. The number of nitrogens with zero attached hydrogens (tertiary/aromatic N) is 3.